The van der Waals surface area contributed by atoms with Crippen LogP contribution in [0.3, 0.4) is 0 Å². The highest BCUT2D eigenvalue weighted by Crippen LogP contribution is 2.28. The molecule has 0 bridgehead atoms. The van der Waals surface area contributed by atoms with Crippen molar-refractivity contribution in [2.45, 2.75) is 9.92 Å². The average molecular weight is 247 g/mol. The molecule has 1 heterocycles. The molecule has 1 aromatic carbocycles. The van der Waals surface area contributed by atoms with E-state index in [0.29, 0.717) is 5.82 Å². The molecule has 2 aromatic rings. The lowest BCUT2D eigenvalue weighted by molar-refractivity contribution is 0.414. The van der Waals surface area contributed by atoms with Crippen LogP contribution in [0.1, 0.15) is 0 Å². The van der Waals surface area contributed by atoms with Crippen molar-refractivity contribution in [1.82, 2.24) is 4.98 Å². The summed E-state index contributed by atoms with van der Waals surface area (Å²) < 4.78 is 5.10. The lowest BCUT2D eigenvalue weighted by Crippen LogP contribution is -2.08. The van der Waals surface area contributed by atoms with Crippen LogP contribution in [0, 0.1) is 0 Å². The summed E-state index contributed by atoms with van der Waals surface area (Å²) in [4.78, 5) is 5.43. The number of pyridine rings is 1. The van der Waals surface area contributed by atoms with E-state index in [9.17, 15) is 0 Å². The number of nitrogens with one attached hydrogen (secondary N) is 1. The first-order valence-corrected chi connectivity index (χ1v) is 5.89. The summed E-state index contributed by atoms with van der Waals surface area (Å²) in [6.45, 7) is 0. The summed E-state index contributed by atoms with van der Waals surface area (Å²) in [7, 11) is 1.65. The van der Waals surface area contributed by atoms with Gasteiger partial charge in [-0.2, -0.15) is 0 Å². The maximum absolute atomic E-state index is 5.31. The number of rotatable bonds is 4. The van der Waals surface area contributed by atoms with Gasteiger partial charge in [-0.05, 0) is 36.4 Å². The Morgan fingerprint density at radius 2 is 1.94 bits per heavy atom. The molecule has 0 radical (unpaired) electrons. The number of ether oxygens (including phenoxy) is 1. The van der Waals surface area contributed by atoms with Crippen molar-refractivity contribution in [3.05, 3.63) is 42.5 Å². The van der Waals surface area contributed by atoms with Gasteiger partial charge in [0, 0.05) is 4.90 Å². The minimum absolute atomic E-state index is 0.656. The number of aromatic nitrogens is 1. The monoisotopic (exact) mass is 247 g/mol. The molecule has 0 saturated carbocycles. The zero-order valence-electron chi connectivity index (χ0n) is 9.38. The standard InChI is InChI=1S/C12H13N3OS/c1-16-9-5-7-10(8-6-9)17-12-4-2-3-11(14-12)15-13/h2-8H,13H2,1H3,(H,14,15). The van der Waals surface area contributed by atoms with E-state index in [0.717, 1.165) is 15.7 Å². The zero-order valence-corrected chi connectivity index (χ0v) is 10.2. The largest absolute Gasteiger partial charge is 0.497 e. The van der Waals surface area contributed by atoms with Crippen molar-refractivity contribution < 1.29 is 4.74 Å². The van der Waals surface area contributed by atoms with Crippen LogP contribution in [-0.4, -0.2) is 12.1 Å². The van der Waals surface area contributed by atoms with Gasteiger partial charge in [-0.3, -0.25) is 0 Å². The third-order valence-electron chi connectivity index (χ3n) is 2.15. The molecule has 3 N–H and O–H groups in total. The number of benzene rings is 1. The molecule has 4 nitrogen and oxygen atoms in total. The van der Waals surface area contributed by atoms with Crippen LogP contribution >= 0.6 is 11.8 Å². The number of methoxy groups -OCH3 is 1. The normalized spacial score (nSPS) is 10.0. The number of nitrogen functional groups attached to an aromatic ring is 1. The van der Waals surface area contributed by atoms with Crippen molar-refractivity contribution >= 4 is 17.6 Å². The van der Waals surface area contributed by atoms with Crippen molar-refractivity contribution in [1.29, 1.82) is 0 Å². The first kappa shape index (κ1) is 11.8. The number of nitrogens with two attached hydrogens (primary N) is 1. The van der Waals surface area contributed by atoms with Crippen molar-refractivity contribution in [3.8, 4) is 5.75 Å². The predicted molar refractivity (Wildman–Crippen MR) is 69.2 cm³/mol. The SMILES string of the molecule is COc1ccc(Sc2cccc(NN)n2)cc1. The second-order valence-electron chi connectivity index (χ2n) is 3.28. The smallest absolute Gasteiger partial charge is 0.141 e. The summed E-state index contributed by atoms with van der Waals surface area (Å²) in [6.07, 6.45) is 0. The number of anilines is 1. The Labute approximate surface area is 104 Å². The molecule has 0 aliphatic rings. The molecule has 0 amide bonds. The molecule has 0 fully saturated rings. The van der Waals surface area contributed by atoms with Crippen LogP contribution in [-0.2, 0) is 0 Å². The van der Waals surface area contributed by atoms with E-state index in [2.05, 4.69) is 10.4 Å². The minimum Gasteiger partial charge on any atom is -0.497 e. The molecule has 0 aliphatic heterocycles. The van der Waals surface area contributed by atoms with Crippen LogP contribution < -0.4 is 16.0 Å². The zero-order chi connectivity index (χ0) is 12.1. The first-order chi connectivity index (χ1) is 8.31. The van der Waals surface area contributed by atoms with E-state index >= 15 is 0 Å². The lowest BCUT2D eigenvalue weighted by Gasteiger charge is -2.04. The van der Waals surface area contributed by atoms with Gasteiger partial charge in [-0.1, -0.05) is 17.8 Å². The van der Waals surface area contributed by atoms with Crippen molar-refractivity contribution in [3.63, 3.8) is 0 Å². The summed E-state index contributed by atoms with van der Waals surface area (Å²) in [5.74, 6) is 6.81. The molecular weight excluding hydrogens is 234 g/mol. The molecule has 2 rings (SSSR count). The Morgan fingerprint density at radius 1 is 1.18 bits per heavy atom. The number of hydrogen-bond acceptors (Lipinski definition) is 5. The fourth-order valence-electron chi connectivity index (χ4n) is 1.32. The van der Waals surface area contributed by atoms with Crippen molar-refractivity contribution in [2.24, 2.45) is 5.84 Å². The molecule has 0 saturated heterocycles. The quantitative estimate of drug-likeness (QED) is 0.642. The van der Waals surface area contributed by atoms with E-state index in [1.165, 1.54) is 0 Å². The molecule has 17 heavy (non-hydrogen) atoms. The lowest BCUT2D eigenvalue weighted by atomic mass is 10.3. The molecule has 88 valence electrons. The summed E-state index contributed by atoms with van der Waals surface area (Å²) in [5.41, 5.74) is 2.53. The molecule has 5 heteroatoms. The Bertz CT molecular complexity index is 487. The van der Waals surface area contributed by atoms with E-state index in [4.69, 9.17) is 10.6 Å². The van der Waals surface area contributed by atoms with Gasteiger partial charge < -0.3 is 10.2 Å². The van der Waals surface area contributed by atoms with Crippen LogP contribution in [0.5, 0.6) is 5.75 Å². The molecular formula is C12H13N3OS. The van der Waals surface area contributed by atoms with Gasteiger partial charge in [0.05, 0.1) is 7.11 Å². The maximum Gasteiger partial charge on any atom is 0.141 e. The van der Waals surface area contributed by atoms with Gasteiger partial charge in [0.15, 0.2) is 0 Å². The second-order valence-corrected chi connectivity index (χ2v) is 4.38. The molecule has 0 aliphatic carbocycles. The van der Waals surface area contributed by atoms with E-state index in [-0.39, 0.29) is 0 Å². The Balaban J connectivity index is 2.13. The van der Waals surface area contributed by atoms with E-state index in [1.54, 1.807) is 18.9 Å². The van der Waals surface area contributed by atoms with Crippen LogP contribution in [0.4, 0.5) is 5.82 Å². The highest BCUT2D eigenvalue weighted by Gasteiger charge is 2.00. The van der Waals surface area contributed by atoms with Crippen molar-refractivity contribution in [2.75, 3.05) is 12.5 Å². The van der Waals surface area contributed by atoms with E-state index < -0.39 is 0 Å². The second kappa shape index (κ2) is 5.56. The fourth-order valence-corrected chi connectivity index (χ4v) is 2.12. The fraction of sp³-hybridized carbons (Fsp3) is 0.0833. The van der Waals surface area contributed by atoms with Crippen LogP contribution in [0.25, 0.3) is 0 Å². The summed E-state index contributed by atoms with van der Waals surface area (Å²) in [6, 6.07) is 13.5. The average Bonchev–Trinajstić information content (AvgIpc) is 2.40. The maximum atomic E-state index is 5.31. The molecule has 0 atom stereocenters. The highest BCUT2D eigenvalue weighted by atomic mass is 32.2. The number of nitrogens with zero attached hydrogens (tertiary/aromatic N) is 1. The summed E-state index contributed by atoms with van der Waals surface area (Å²) >= 11 is 1.57. The molecule has 0 unspecified atom stereocenters. The van der Waals surface area contributed by atoms with Gasteiger partial charge in [-0.25, -0.2) is 10.8 Å². The van der Waals surface area contributed by atoms with Gasteiger partial charge in [0.1, 0.15) is 16.6 Å². The van der Waals surface area contributed by atoms with Gasteiger partial charge in [0.2, 0.25) is 0 Å². The molecule has 0 spiro atoms. The highest BCUT2D eigenvalue weighted by molar-refractivity contribution is 7.99. The van der Waals surface area contributed by atoms with Gasteiger partial charge in [-0.15, -0.1) is 0 Å². The van der Waals surface area contributed by atoms with Crippen LogP contribution in [0.2, 0.25) is 0 Å². The third kappa shape index (κ3) is 3.12. The Kier molecular flexibility index (Phi) is 3.85. The first-order valence-electron chi connectivity index (χ1n) is 5.07. The number of hydrogen-bond donors (Lipinski definition) is 2. The van der Waals surface area contributed by atoms with Gasteiger partial charge >= 0.3 is 0 Å². The third-order valence-corrected chi connectivity index (χ3v) is 3.10. The topological polar surface area (TPSA) is 60.2 Å². The number of hydrazine groups is 1. The minimum atomic E-state index is 0.656. The summed E-state index contributed by atoms with van der Waals surface area (Å²) in [5, 5.41) is 0.894. The predicted octanol–water partition coefficient (Wildman–Crippen LogP) is 2.53. The van der Waals surface area contributed by atoms with Gasteiger partial charge in [0.25, 0.3) is 0 Å². The Hall–Kier alpha value is -1.72. The van der Waals surface area contributed by atoms with E-state index in [1.807, 2.05) is 42.5 Å². The van der Waals surface area contributed by atoms with Crippen LogP contribution in [0.15, 0.2) is 52.4 Å². The molecule has 1 aromatic heterocycles. The Morgan fingerprint density at radius 3 is 2.59 bits per heavy atom.